The summed E-state index contributed by atoms with van der Waals surface area (Å²) in [6, 6.07) is 3.18. The second-order valence-electron chi connectivity index (χ2n) is 7.15. The van der Waals surface area contributed by atoms with E-state index in [2.05, 4.69) is 9.46 Å². The molecule has 0 amide bonds. The molecule has 4 rings (SSSR count). The summed E-state index contributed by atoms with van der Waals surface area (Å²) >= 11 is 6.61. The van der Waals surface area contributed by atoms with Gasteiger partial charge >= 0.3 is 0 Å². The van der Waals surface area contributed by atoms with E-state index in [0.29, 0.717) is 30.3 Å². The molecule has 0 unspecified atom stereocenters. The number of benzene rings is 1. The van der Waals surface area contributed by atoms with Gasteiger partial charge in [-0.3, -0.25) is 14.3 Å². The first-order valence-electron chi connectivity index (χ1n) is 9.47. The van der Waals surface area contributed by atoms with Gasteiger partial charge in [0.1, 0.15) is 11.3 Å². The fourth-order valence-corrected chi connectivity index (χ4v) is 6.11. The van der Waals surface area contributed by atoms with Crippen molar-refractivity contribution in [3.8, 4) is 0 Å². The molecule has 0 spiro atoms. The van der Waals surface area contributed by atoms with E-state index in [1.807, 2.05) is 0 Å². The Bertz CT molecular complexity index is 1110. The van der Waals surface area contributed by atoms with Gasteiger partial charge in [0.2, 0.25) is 5.78 Å². The van der Waals surface area contributed by atoms with Crippen molar-refractivity contribution in [2.45, 2.75) is 25.6 Å². The van der Waals surface area contributed by atoms with E-state index in [1.54, 1.807) is 6.07 Å². The van der Waals surface area contributed by atoms with Crippen molar-refractivity contribution in [3.05, 3.63) is 50.4 Å². The van der Waals surface area contributed by atoms with Crippen LogP contribution in [0.5, 0.6) is 0 Å². The van der Waals surface area contributed by atoms with Crippen LogP contribution < -0.4 is 5.56 Å². The Balaban J connectivity index is 1.86. The van der Waals surface area contributed by atoms with Crippen molar-refractivity contribution in [1.29, 1.82) is 0 Å². The van der Waals surface area contributed by atoms with Gasteiger partial charge in [0.15, 0.2) is 6.29 Å². The maximum atomic E-state index is 13.3. The number of rotatable bonds is 4. The summed E-state index contributed by atoms with van der Waals surface area (Å²) in [6.45, 7) is 0.856. The third kappa shape index (κ3) is 3.92. The summed E-state index contributed by atoms with van der Waals surface area (Å²) in [5.74, 6) is 0.462. The predicted octanol–water partition coefficient (Wildman–Crippen LogP) is 2.93. The number of aromatic nitrogens is 2. The number of carbonyl (C=O) groups excluding carboxylic acids is 1. The van der Waals surface area contributed by atoms with Gasteiger partial charge < -0.3 is 14.6 Å². The van der Waals surface area contributed by atoms with Crippen molar-refractivity contribution >= 4 is 32.8 Å². The van der Waals surface area contributed by atoms with Crippen molar-refractivity contribution in [3.63, 3.8) is 0 Å². The van der Waals surface area contributed by atoms with E-state index in [0.717, 1.165) is 19.3 Å². The number of aryl methyl sites for hydroxylation is 1. The highest BCUT2D eigenvalue weighted by Gasteiger charge is 2.28. The van der Waals surface area contributed by atoms with Crippen LogP contribution in [-0.4, -0.2) is 44.5 Å². The van der Waals surface area contributed by atoms with E-state index in [4.69, 9.17) is 21.1 Å². The van der Waals surface area contributed by atoms with Crippen molar-refractivity contribution in [2.24, 2.45) is 11.4 Å². The number of ether oxygens (including phenoxy) is 2. The molecule has 29 heavy (non-hydrogen) atoms. The van der Waals surface area contributed by atoms with E-state index < -0.39 is 27.4 Å². The van der Waals surface area contributed by atoms with Gasteiger partial charge in [-0.25, -0.2) is 4.21 Å². The van der Waals surface area contributed by atoms with E-state index in [-0.39, 0.29) is 21.8 Å². The molecule has 2 saturated heterocycles. The Morgan fingerprint density at radius 1 is 1.21 bits per heavy atom. The Hall–Kier alpha value is -1.94. The fourth-order valence-electron chi connectivity index (χ4n) is 3.54. The summed E-state index contributed by atoms with van der Waals surface area (Å²) in [6.07, 6.45) is 3.36. The van der Waals surface area contributed by atoms with Gasteiger partial charge in [-0.05, 0) is 18.9 Å². The third-order valence-electron chi connectivity index (χ3n) is 5.13. The minimum Gasteiger partial charge on any atom is -0.346 e. The molecule has 2 aliphatic heterocycles. The van der Waals surface area contributed by atoms with Crippen LogP contribution in [0.3, 0.4) is 0 Å². The highest BCUT2D eigenvalue weighted by atomic mass is 35.5. The molecule has 8 nitrogen and oxygen atoms in total. The lowest BCUT2D eigenvalue weighted by Gasteiger charge is -2.19. The van der Waals surface area contributed by atoms with E-state index in [1.165, 1.54) is 24.0 Å². The molecular weight excluding hydrogens is 418 g/mol. The third-order valence-corrected chi connectivity index (χ3v) is 7.89. The first-order chi connectivity index (χ1) is 13.9. The van der Waals surface area contributed by atoms with Gasteiger partial charge in [-0.2, -0.15) is 4.36 Å². The Labute approximate surface area is 173 Å². The molecule has 3 heterocycles. The van der Waals surface area contributed by atoms with Crippen LogP contribution in [-0.2, 0) is 26.3 Å². The lowest BCUT2D eigenvalue weighted by Crippen LogP contribution is -2.19. The molecule has 0 radical (unpaired) electrons. The van der Waals surface area contributed by atoms with Gasteiger partial charge in [0, 0.05) is 35.9 Å². The topological polar surface area (TPSA) is 103 Å². The van der Waals surface area contributed by atoms with Crippen LogP contribution in [0.1, 0.15) is 47.0 Å². The van der Waals surface area contributed by atoms with Crippen LogP contribution in [0.2, 0.25) is 5.02 Å². The van der Waals surface area contributed by atoms with Crippen LogP contribution in [0, 0.1) is 0 Å². The molecule has 2 aromatic rings. The Morgan fingerprint density at radius 2 is 1.90 bits per heavy atom. The second kappa shape index (κ2) is 8.06. The number of nitrogens with zero attached hydrogens (tertiary/aromatic N) is 2. The summed E-state index contributed by atoms with van der Waals surface area (Å²) in [5, 5.41) is 2.74. The minimum absolute atomic E-state index is 0.0247. The van der Waals surface area contributed by atoms with Crippen molar-refractivity contribution in [1.82, 2.24) is 9.78 Å². The van der Waals surface area contributed by atoms with Crippen LogP contribution in [0.15, 0.2) is 27.5 Å². The fraction of sp³-hybridized carbons (Fsp3) is 0.474. The van der Waals surface area contributed by atoms with Crippen LogP contribution >= 0.6 is 11.6 Å². The lowest BCUT2D eigenvalue weighted by atomic mass is 10.0. The largest absolute Gasteiger partial charge is 0.346 e. The first-order valence-corrected chi connectivity index (χ1v) is 11.7. The SMILES string of the molecule is Cn1[nH]cc(C(=O)c2ccc(C3OCCO3)c(N=S3(=O)CCCCC3)c2Cl)c1=O. The standard InChI is InChI=1S/C19H22ClN3O5S/c1-23-18(25)14(11-21-23)17(24)12-5-6-13(19-27-7-8-28-19)16(15(12)20)22-29(26)9-3-2-4-10-29/h5-6,11,19,21H,2-4,7-10H2,1H3. The molecule has 0 bridgehead atoms. The summed E-state index contributed by atoms with van der Waals surface area (Å²) in [4.78, 5) is 25.1. The maximum absolute atomic E-state index is 13.3. The molecule has 1 aromatic heterocycles. The number of ketones is 1. The quantitative estimate of drug-likeness (QED) is 0.738. The molecule has 0 saturated carbocycles. The Kier molecular flexibility index (Phi) is 5.65. The van der Waals surface area contributed by atoms with Gasteiger partial charge in [-0.15, -0.1) is 0 Å². The average molecular weight is 440 g/mol. The highest BCUT2D eigenvalue weighted by molar-refractivity contribution is 7.93. The molecule has 0 aliphatic carbocycles. The first kappa shape index (κ1) is 20.3. The summed E-state index contributed by atoms with van der Waals surface area (Å²) in [5.41, 5.74) is 0.447. The monoisotopic (exact) mass is 439 g/mol. The molecule has 1 N–H and O–H groups in total. The van der Waals surface area contributed by atoms with Crippen LogP contribution in [0.4, 0.5) is 5.69 Å². The molecule has 10 heteroatoms. The number of nitrogens with one attached hydrogen (secondary N) is 1. The molecule has 0 atom stereocenters. The zero-order valence-electron chi connectivity index (χ0n) is 16.0. The molecule has 2 fully saturated rings. The highest BCUT2D eigenvalue weighted by Crippen LogP contribution is 2.40. The number of halogens is 1. The smallest absolute Gasteiger partial charge is 0.277 e. The van der Waals surface area contributed by atoms with Gasteiger partial charge in [0.05, 0.1) is 28.0 Å². The number of hydrogen-bond acceptors (Lipinski definition) is 6. The zero-order valence-corrected chi connectivity index (χ0v) is 17.6. The number of H-pyrrole nitrogens is 1. The summed E-state index contributed by atoms with van der Waals surface area (Å²) in [7, 11) is -0.962. The Morgan fingerprint density at radius 3 is 2.52 bits per heavy atom. The van der Waals surface area contributed by atoms with Crippen molar-refractivity contribution < 1.29 is 18.5 Å². The molecular formula is C19H22ClN3O5S. The van der Waals surface area contributed by atoms with E-state index >= 15 is 0 Å². The van der Waals surface area contributed by atoms with Crippen molar-refractivity contribution in [2.75, 3.05) is 24.7 Å². The molecule has 156 valence electrons. The second-order valence-corrected chi connectivity index (χ2v) is 10.1. The normalized spacial score (nSPS) is 19.4. The van der Waals surface area contributed by atoms with Gasteiger partial charge in [0.25, 0.3) is 5.56 Å². The zero-order chi connectivity index (χ0) is 20.6. The van der Waals surface area contributed by atoms with Gasteiger partial charge in [-0.1, -0.05) is 24.1 Å². The van der Waals surface area contributed by atoms with Crippen LogP contribution in [0.25, 0.3) is 0 Å². The maximum Gasteiger partial charge on any atom is 0.277 e. The molecule has 1 aromatic carbocycles. The lowest BCUT2D eigenvalue weighted by molar-refractivity contribution is -0.0436. The number of carbonyl (C=O) groups is 1. The average Bonchev–Trinajstić information content (AvgIpc) is 3.34. The summed E-state index contributed by atoms with van der Waals surface area (Å²) < 4.78 is 30.2. The molecule has 2 aliphatic rings. The van der Waals surface area contributed by atoms with E-state index in [9.17, 15) is 13.8 Å². The number of hydrogen-bond donors (Lipinski definition) is 1. The number of aromatic amines is 1. The predicted molar refractivity (Wildman–Crippen MR) is 109 cm³/mol. The minimum atomic E-state index is -2.48.